The van der Waals surface area contributed by atoms with E-state index in [4.69, 9.17) is 4.74 Å². The first-order valence-electron chi connectivity index (χ1n) is 7.74. The standard InChI is InChI=1S/C15H22F2N4O3/c1-15(2,3)24-14(22)21-10-5-4-9(6-10)20-13-18-7-11(8-19-13)23-12(16)17/h7-10,12H,4-6H2,1-3H3,(H,21,22)(H,18,19,20)/t9-,10-/m0/s1. The molecule has 1 heterocycles. The summed E-state index contributed by atoms with van der Waals surface area (Å²) in [6.07, 6.45) is 4.29. The number of carbonyl (C=O) groups excluding carboxylic acids is 1. The van der Waals surface area contributed by atoms with Crippen LogP contribution in [-0.4, -0.2) is 40.4 Å². The third-order valence-electron chi connectivity index (χ3n) is 3.34. The highest BCUT2D eigenvalue weighted by Gasteiger charge is 2.28. The number of carbonyl (C=O) groups is 1. The fourth-order valence-corrected chi connectivity index (χ4v) is 2.45. The van der Waals surface area contributed by atoms with E-state index in [1.54, 1.807) is 0 Å². The fourth-order valence-electron chi connectivity index (χ4n) is 2.45. The van der Waals surface area contributed by atoms with Crippen molar-refractivity contribution in [3.8, 4) is 5.75 Å². The molecule has 1 aliphatic carbocycles. The molecule has 2 rings (SSSR count). The van der Waals surface area contributed by atoms with E-state index >= 15 is 0 Å². The Morgan fingerprint density at radius 1 is 1.25 bits per heavy atom. The lowest BCUT2D eigenvalue weighted by Gasteiger charge is -2.21. The zero-order valence-corrected chi connectivity index (χ0v) is 13.9. The minimum Gasteiger partial charge on any atom is -0.444 e. The first-order valence-corrected chi connectivity index (χ1v) is 7.74. The van der Waals surface area contributed by atoms with Crippen molar-refractivity contribution in [2.24, 2.45) is 0 Å². The van der Waals surface area contributed by atoms with Gasteiger partial charge in [0, 0.05) is 12.1 Å². The lowest BCUT2D eigenvalue weighted by Crippen LogP contribution is -2.38. The molecule has 0 aromatic carbocycles. The summed E-state index contributed by atoms with van der Waals surface area (Å²) in [4.78, 5) is 19.6. The van der Waals surface area contributed by atoms with Gasteiger partial charge in [0.15, 0.2) is 5.75 Å². The number of nitrogens with one attached hydrogen (secondary N) is 2. The third kappa shape index (κ3) is 6.13. The van der Waals surface area contributed by atoms with Crippen molar-refractivity contribution in [2.45, 2.75) is 64.3 Å². The molecule has 1 aromatic rings. The highest BCUT2D eigenvalue weighted by molar-refractivity contribution is 5.68. The number of halogens is 2. The van der Waals surface area contributed by atoms with Gasteiger partial charge in [-0.25, -0.2) is 14.8 Å². The summed E-state index contributed by atoms with van der Waals surface area (Å²) in [6, 6.07) is 0.102. The zero-order valence-electron chi connectivity index (χ0n) is 13.9. The summed E-state index contributed by atoms with van der Waals surface area (Å²) >= 11 is 0. The molecule has 1 aliphatic rings. The molecule has 0 spiro atoms. The van der Waals surface area contributed by atoms with Gasteiger partial charge in [0.1, 0.15) is 5.60 Å². The predicted molar refractivity (Wildman–Crippen MR) is 83.1 cm³/mol. The van der Waals surface area contributed by atoms with Gasteiger partial charge in [0.2, 0.25) is 5.95 Å². The minimum absolute atomic E-state index is 0.0128. The van der Waals surface area contributed by atoms with E-state index in [9.17, 15) is 13.6 Å². The number of amides is 1. The second-order valence-corrected chi connectivity index (χ2v) is 6.62. The van der Waals surface area contributed by atoms with E-state index in [0.29, 0.717) is 12.4 Å². The minimum atomic E-state index is -2.90. The molecule has 134 valence electrons. The molecule has 9 heteroatoms. The van der Waals surface area contributed by atoms with Crippen LogP contribution in [0.25, 0.3) is 0 Å². The van der Waals surface area contributed by atoms with Crippen molar-refractivity contribution in [3.63, 3.8) is 0 Å². The van der Waals surface area contributed by atoms with Crippen LogP contribution in [-0.2, 0) is 4.74 Å². The molecule has 0 bridgehead atoms. The van der Waals surface area contributed by atoms with Gasteiger partial charge in [0.05, 0.1) is 12.4 Å². The number of ether oxygens (including phenoxy) is 2. The first kappa shape index (κ1) is 18.2. The van der Waals surface area contributed by atoms with Gasteiger partial charge in [-0.15, -0.1) is 0 Å². The molecule has 2 atom stereocenters. The number of alkyl halides is 2. The summed E-state index contributed by atoms with van der Waals surface area (Å²) in [5.74, 6) is 0.242. The van der Waals surface area contributed by atoms with Gasteiger partial charge in [-0.05, 0) is 40.0 Å². The Morgan fingerprint density at radius 3 is 2.46 bits per heavy atom. The van der Waals surface area contributed by atoms with E-state index in [-0.39, 0.29) is 17.8 Å². The highest BCUT2D eigenvalue weighted by atomic mass is 19.3. The molecule has 1 fully saturated rings. The van der Waals surface area contributed by atoms with E-state index in [1.165, 1.54) is 12.4 Å². The molecule has 2 N–H and O–H groups in total. The van der Waals surface area contributed by atoms with Gasteiger partial charge < -0.3 is 20.1 Å². The van der Waals surface area contributed by atoms with Crippen molar-refractivity contribution in [2.75, 3.05) is 5.32 Å². The molecule has 1 aromatic heterocycles. The van der Waals surface area contributed by atoms with Crippen LogP contribution in [0.3, 0.4) is 0 Å². The smallest absolute Gasteiger partial charge is 0.407 e. The lowest BCUT2D eigenvalue weighted by molar-refractivity contribution is -0.0503. The highest BCUT2D eigenvalue weighted by Crippen LogP contribution is 2.23. The van der Waals surface area contributed by atoms with Crippen molar-refractivity contribution >= 4 is 12.0 Å². The Morgan fingerprint density at radius 2 is 1.88 bits per heavy atom. The van der Waals surface area contributed by atoms with Gasteiger partial charge in [0.25, 0.3) is 0 Å². The molecular weight excluding hydrogens is 322 g/mol. The van der Waals surface area contributed by atoms with Gasteiger partial charge in [-0.1, -0.05) is 0 Å². The Labute approximate surface area is 139 Å². The van der Waals surface area contributed by atoms with E-state index in [2.05, 4.69) is 25.3 Å². The second kappa shape index (κ2) is 7.59. The average Bonchev–Trinajstić information content (AvgIpc) is 2.85. The van der Waals surface area contributed by atoms with Crippen LogP contribution in [0, 0.1) is 0 Å². The number of anilines is 1. The van der Waals surface area contributed by atoms with Gasteiger partial charge in [-0.2, -0.15) is 8.78 Å². The molecule has 0 aliphatic heterocycles. The van der Waals surface area contributed by atoms with Crippen molar-refractivity contribution in [1.82, 2.24) is 15.3 Å². The maximum absolute atomic E-state index is 12.1. The average molecular weight is 344 g/mol. The molecule has 24 heavy (non-hydrogen) atoms. The predicted octanol–water partition coefficient (Wildman–Crippen LogP) is 2.94. The van der Waals surface area contributed by atoms with Crippen molar-refractivity contribution in [3.05, 3.63) is 12.4 Å². The topological polar surface area (TPSA) is 85.4 Å². The Hall–Kier alpha value is -2.19. The Balaban J connectivity index is 1.78. The Kier molecular flexibility index (Phi) is 5.74. The maximum atomic E-state index is 12.1. The van der Waals surface area contributed by atoms with Crippen LogP contribution < -0.4 is 15.4 Å². The normalized spacial score (nSPS) is 20.8. The van der Waals surface area contributed by atoms with Crippen LogP contribution in [0.2, 0.25) is 0 Å². The fraction of sp³-hybridized carbons (Fsp3) is 0.667. The Bertz CT molecular complexity index is 549. The molecule has 1 amide bonds. The summed E-state index contributed by atoms with van der Waals surface area (Å²) < 4.78 is 33.5. The van der Waals surface area contributed by atoms with Crippen molar-refractivity contribution < 1.29 is 23.0 Å². The molecule has 0 unspecified atom stereocenters. The zero-order chi connectivity index (χ0) is 17.7. The van der Waals surface area contributed by atoms with E-state index in [0.717, 1.165) is 12.8 Å². The van der Waals surface area contributed by atoms with Gasteiger partial charge in [-0.3, -0.25) is 0 Å². The number of rotatable bonds is 5. The summed E-state index contributed by atoms with van der Waals surface area (Å²) in [5.41, 5.74) is -0.532. The molecule has 7 nitrogen and oxygen atoms in total. The summed E-state index contributed by atoms with van der Waals surface area (Å²) in [6.45, 7) is 2.53. The lowest BCUT2D eigenvalue weighted by atomic mass is 10.2. The van der Waals surface area contributed by atoms with Crippen LogP contribution in [0.4, 0.5) is 19.5 Å². The number of nitrogens with zero attached hydrogens (tertiary/aromatic N) is 2. The third-order valence-corrected chi connectivity index (χ3v) is 3.34. The largest absolute Gasteiger partial charge is 0.444 e. The number of aromatic nitrogens is 2. The quantitative estimate of drug-likeness (QED) is 0.854. The van der Waals surface area contributed by atoms with Crippen LogP contribution in [0.15, 0.2) is 12.4 Å². The molecule has 0 saturated heterocycles. The van der Waals surface area contributed by atoms with E-state index < -0.39 is 18.3 Å². The number of alkyl carbamates (subject to hydrolysis) is 1. The van der Waals surface area contributed by atoms with Crippen LogP contribution >= 0.6 is 0 Å². The molecule has 0 radical (unpaired) electrons. The van der Waals surface area contributed by atoms with Crippen LogP contribution in [0.1, 0.15) is 40.0 Å². The number of hydrogen-bond donors (Lipinski definition) is 2. The summed E-state index contributed by atoms with van der Waals surface area (Å²) in [5, 5.41) is 5.95. The van der Waals surface area contributed by atoms with Gasteiger partial charge >= 0.3 is 12.7 Å². The first-order chi connectivity index (χ1) is 11.2. The monoisotopic (exact) mass is 344 g/mol. The number of hydrogen-bond acceptors (Lipinski definition) is 6. The molecule has 1 saturated carbocycles. The second-order valence-electron chi connectivity index (χ2n) is 6.62. The maximum Gasteiger partial charge on any atom is 0.407 e. The van der Waals surface area contributed by atoms with Crippen LogP contribution in [0.5, 0.6) is 5.75 Å². The van der Waals surface area contributed by atoms with Crippen molar-refractivity contribution in [1.29, 1.82) is 0 Å². The summed E-state index contributed by atoms with van der Waals surface area (Å²) in [7, 11) is 0. The SMILES string of the molecule is CC(C)(C)OC(=O)N[C@H]1CC[C@H](Nc2ncc(OC(F)F)cn2)C1. The van der Waals surface area contributed by atoms with E-state index in [1.807, 2.05) is 20.8 Å². The molecular formula is C15H22F2N4O3.